The number of ether oxygens (including phenoxy) is 2. The van der Waals surface area contributed by atoms with Crippen molar-refractivity contribution < 1.29 is 19.4 Å². The van der Waals surface area contributed by atoms with Crippen LogP contribution < -0.4 is 5.32 Å². The first-order valence-electron chi connectivity index (χ1n) is 9.26. The summed E-state index contributed by atoms with van der Waals surface area (Å²) in [5.74, 6) is 0.253. The quantitative estimate of drug-likeness (QED) is 0.847. The van der Waals surface area contributed by atoms with Gasteiger partial charge in [-0.3, -0.25) is 4.79 Å². The molecule has 6 nitrogen and oxygen atoms in total. The fourth-order valence-corrected chi connectivity index (χ4v) is 3.62. The standard InChI is InChI=1S/C21H24N2O4/c24-19-7-5-17(6-8-19)16-1-3-18(4-2-16)20(25)23-10-12-27-21(14-23)13-22-9-11-26-15-21/h1-8,22,24H,9-15H2. The SMILES string of the molecule is O=C(c1ccc(-c2ccc(O)cc2)cc1)N1CCOC2(CNCCOC2)C1. The molecule has 0 bridgehead atoms. The smallest absolute Gasteiger partial charge is 0.254 e. The lowest BCUT2D eigenvalue weighted by Crippen LogP contribution is -2.59. The van der Waals surface area contributed by atoms with E-state index in [1.807, 2.05) is 41.3 Å². The molecule has 1 amide bonds. The summed E-state index contributed by atoms with van der Waals surface area (Å²) in [6.07, 6.45) is 0. The second-order valence-corrected chi connectivity index (χ2v) is 7.11. The molecule has 0 radical (unpaired) electrons. The van der Waals surface area contributed by atoms with Gasteiger partial charge in [-0.1, -0.05) is 24.3 Å². The Bertz CT molecular complexity index is 781. The Morgan fingerprint density at radius 3 is 2.48 bits per heavy atom. The lowest BCUT2D eigenvalue weighted by atomic mass is 10.0. The second-order valence-electron chi connectivity index (χ2n) is 7.11. The van der Waals surface area contributed by atoms with Crippen molar-refractivity contribution in [1.29, 1.82) is 0 Å². The highest BCUT2D eigenvalue weighted by Crippen LogP contribution is 2.24. The van der Waals surface area contributed by atoms with Crippen LogP contribution in [0.15, 0.2) is 48.5 Å². The number of morpholine rings is 1. The van der Waals surface area contributed by atoms with Gasteiger partial charge in [-0.25, -0.2) is 0 Å². The lowest BCUT2D eigenvalue weighted by Gasteiger charge is -2.41. The highest BCUT2D eigenvalue weighted by molar-refractivity contribution is 5.94. The molecule has 2 aromatic rings. The molecule has 1 unspecified atom stereocenters. The largest absolute Gasteiger partial charge is 0.508 e. The number of phenolic OH excluding ortho intramolecular Hbond substituents is 1. The Labute approximate surface area is 158 Å². The normalized spacial score (nSPS) is 23.2. The Kier molecular flexibility index (Phi) is 5.11. The van der Waals surface area contributed by atoms with E-state index in [-0.39, 0.29) is 11.7 Å². The fraction of sp³-hybridized carbons (Fsp3) is 0.381. The topological polar surface area (TPSA) is 71.0 Å². The Morgan fingerprint density at radius 1 is 1.04 bits per heavy atom. The number of aromatic hydroxyl groups is 1. The molecule has 2 N–H and O–H groups in total. The summed E-state index contributed by atoms with van der Waals surface area (Å²) in [5.41, 5.74) is 2.21. The van der Waals surface area contributed by atoms with E-state index in [4.69, 9.17) is 9.47 Å². The van der Waals surface area contributed by atoms with Crippen LogP contribution in [0.1, 0.15) is 10.4 Å². The maximum atomic E-state index is 13.0. The minimum atomic E-state index is -0.462. The predicted octanol–water partition coefficient (Wildman–Crippen LogP) is 1.89. The molecule has 2 saturated heterocycles. The van der Waals surface area contributed by atoms with Crippen LogP contribution in [0.5, 0.6) is 5.75 Å². The average molecular weight is 368 g/mol. The van der Waals surface area contributed by atoms with Gasteiger partial charge in [-0.2, -0.15) is 0 Å². The van der Waals surface area contributed by atoms with Crippen LogP contribution in [-0.4, -0.2) is 67.5 Å². The van der Waals surface area contributed by atoms with Crippen LogP contribution in [0.3, 0.4) is 0 Å². The van der Waals surface area contributed by atoms with Crippen molar-refractivity contribution in [3.05, 3.63) is 54.1 Å². The van der Waals surface area contributed by atoms with Gasteiger partial charge in [0.2, 0.25) is 0 Å². The summed E-state index contributed by atoms with van der Waals surface area (Å²) in [6.45, 7) is 4.29. The first kappa shape index (κ1) is 18.0. The van der Waals surface area contributed by atoms with E-state index in [1.165, 1.54) is 0 Å². The van der Waals surface area contributed by atoms with E-state index in [2.05, 4.69) is 5.32 Å². The number of nitrogens with one attached hydrogen (secondary N) is 1. The molecule has 4 rings (SSSR count). The predicted molar refractivity (Wildman–Crippen MR) is 102 cm³/mol. The number of benzene rings is 2. The highest BCUT2D eigenvalue weighted by atomic mass is 16.5. The summed E-state index contributed by atoms with van der Waals surface area (Å²) >= 11 is 0. The van der Waals surface area contributed by atoms with E-state index in [9.17, 15) is 9.90 Å². The maximum Gasteiger partial charge on any atom is 0.254 e. The van der Waals surface area contributed by atoms with E-state index < -0.39 is 5.60 Å². The van der Waals surface area contributed by atoms with Crippen LogP contribution in [-0.2, 0) is 9.47 Å². The minimum Gasteiger partial charge on any atom is -0.508 e. The number of nitrogens with zero attached hydrogens (tertiary/aromatic N) is 1. The molecule has 0 aromatic heterocycles. The summed E-state index contributed by atoms with van der Waals surface area (Å²) in [5, 5.41) is 12.7. The zero-order valence-corrected chi connectivity index (χ0v) is 15.2. The van der Waals surface area contributed by atoms with Crippen LogP contribution >= 0.6 is 0 Å². The van der Waals surface area contributed by atoms with E-state index in [0.29, 0.717) is 45.0 Å². The molecule has 1 atom stereocenters. The number of rotatable bonds is 2. The third kappa shape index (κ3) is 3.98. The first-order chi connectivity index (χ1) is 13.2. The monoisotopic (exact) mass is 368 g/mol. The molecule has 2 heterocycles. The third-order valence-corrected chi connectivity index (χ3v) is 5.10. The number of phenols is 1. The Hall–Kier alpha value is -2.41. The highest BCUT2D eigenvalue weighted by Gasteiger charge is 2.39. The molecule has 2 aromatic carbocycles. The van der Waals surface area contributed by atoms with E-state index in [0.717, 1.165) is 17.7 Å². The second kappa shape index (κ2) is 7.68. The van der Waals surface area contributed by atoms with Gasteiger partial charge in [0, 0.05) is 25.2 Å². The Balaban J connectivity index is 1.48. The van der Waals surface area contributed by atoms with Crippen molar-refractivity contribution in [2.75, 3.05) is 46.0 Å². The van der Waals surface area contributed by atoms with Crippen LogP contribution in [0, 0.1) is 0 Å². The van der Waals surface area contributed by atoms with Crippen molar-refractivity contribution in [3.63, 3.8) is 0 Å². The Morgan fingerprint density at radius 2 is 1.74 bits per heavy atom. The maximum absolute atomic E-state index is 13.0. The lowest BCUT2D eigenvalue weighted by molar-refractivity contribution is -0.125. The van der Waals surface area contributed by atoms with Gasteiger partial charge in [0.15, 0.2) is 0 Å². The number of carbonyl (C=O) groups excluding carboxylic acids is 1. The van der Waals surface area contributed by atoms with Gasteiger partial charge in [0.25, 0.3) is 5.91 Å². The van der Waals surface area contributed by atoms with Gasteiger partial charge in [0.05, 0.1) is 26.4 Å². The fourth-order valence-electron chi connectivity index (χ4n) is 3.62. The van der Waals surface area contributed by atoms with Gasteiger partial charge in [-0.05, 0) is 35.4 Å². The summed E-state index contributed by atoms with van der Waals surface area (Å²) in [6, 6.07) is 14.6. The van der Waals surface area contributed by atoms with Crippen LogP contribution in [0.4, 0.5) is 0 Å². The van der Waals surface area contributed by atoms with Gasteiger partial charge in [-0.15, -0.1) is 0 Å². The van der Waals surface area contributed by atoms with Gasteiger partial charge in [0.1, 0.15) is 11.4 Å². The van der Waals surface area contributed by atoms with Crippen molar-refractivity contribution in [1.82, 2.24) is 10.2 Å². The number of hydrogen-bond donors (Lipinski definition) is 2. The summed E-state index contributed by atoms with van der Waals surface area (Å²) in [4.78, 5) is 14.8. The molecule has 6 heteroatoms. The summed E-state index contributed by atoms with van der Waals surface area (Å²) in [7, 11) is 0. The minimum absolute atomic E-state index is 0.0131. The molecule has 2 aliphatic heterocycles. The van der Waals surface area contributed by atoms with E-state index >= 15 is 0 Å². The zero-order valence-electron chi connectivity index (χ0n) is 15.2. The molecule has 27 heavy (non-hydrogen) atoms. The molecular formula is C21H24N2O4. The molecule has 1 spiro atoms. The zero-order chi connectivity index (χ0) is 18.7. The number of amides is 1. The molecule has 142 valence electrons. The first-order valence-corrected chi connectivity index (χ1v) is 9.26. The van der Waals surface area contributed by atoms with E-state index in [1.54, 1.807) is 12.1 Å². The van der Waals surface area contributed by atoms with Crippen LogP contribution in [0.2, 0.25) is 0 Å². The third-order valence-electron chi connectivity index (χ3n) is 5.10. The average Bonchev–Trinajstić information content (AvgIpc) is 2.93. The molecular weight excluding hydrogens is 344 g/mol. The molecule has 2 fully saturated rings. The van der Waals surface area contributed by atoms with Crippen molar-refractivity contribution in [3.8, 4) is 16.9 Å². The van der Waals surface area contributed by atoms with Gasteiger partial charge < -0.3 is 24.8 Å². The molecule has 2 aliphatic rings. The molecule has 0 aliphatic carbocycles. The molecule has 0 saturated carbocycles. The van der Waals surface area contributed by atoms with Crippen molar-refractivity contribution in [2.45, 2.75) is 5.60 Å². The van der Waals surface area contributed by atoms with Crippen molar-refractivity contribution >= 4 is 5.91 Å². The number of hydrogen-bond acceptors (Lipinski definition) is 5. The number of carbonyl (C=O) groups is 1. The summed E-state index contributed by atoms with van der Waals surface area (Å²) < 4.78 is 11.6. The van der Waals surface area contributed by atoms with Crippen LogP contribution in [0.25, 0.3) is 11.1 Å². The van der Waals surface area contributed by atoms with Crippen molar-refractivity contribution in [2.24, 2.45) is 0 Å². The van der Waals surface area contributed by atoms with Gasteiger partial charge >= 0.3 is 0 Å².